The lowest BCUT2D eigenvalue weighted by Gasteiger charge is -2.41. The van der Waals surface area contributed by atoms with Gasteiger partial charge in [0.25, 0.3) is 5.91 Å². The van der Waals surface area contributed by atoms with Crippen molar-refractivity contribution in [1.82, 2.24) is 14.8 Å². The first-order valence-corrected chi connectivity index (χ1v) is 13.0. The maximum absolute atomic E-state index is 13.4. The number of hydroxylamine groups is 1. The second-order valence-corrected chi connectivity index (χ2v) is 11.6. The van der Waals surface area contributed by atoms with E-state index >= 15 is 0 Å². The molecule has 0 atom stereocenters. The van der Waals surface area contributed by atoms with Crippen LogP contribution in [0.2, 0.25) is 10.0 Å². The summed E-state index contributed by atoms with van der Waals surface area (Å²) < 4.78 is 31.7. The Morgan fingerprint density at radius 3 is 2.47 bits per heavy atom. The summed E-state index contributed by atoms with van der Waals surface area (Å²) in [4.78, 5) is 19.8. The molecule has 13 heteroatoms. The minimum atomic E-state index is -4.00. The van der Waals surface area contributed by atoms with E-state index in [-0.39, 0.29) is 39.1 Å². The van der Waals surface area contributed by atoms with Crippen LogP contribution in [0.1, 0.15) is 12.8 Å². The third-order valence-electron chi connectivity index (χ3n) is 5.86. The number of anilines is 1. The standard InChI is InChI=1S/C19H22Cl2N4O5S2/c20-14-2-1-13(11-15(14)21)16-12-22-18(31-16)24-5-7-25(8-6-24)32(28,29)19(17(26)23-27)3-9-30-10-4-19/h1-2,11-12,27H,3-10H2,(H,23,26). The summed E-state index contributed by atoms with van der Waals surface area (Å²) in [6.45, 7) is 1.57. The van der Waals surface area contributed by atoms with Crippen LogP contribution in [0.25, 0.3) is 10.4 Å². The van der Waals surface area contributed by atoms with Crippen molar-refractivity contribution in [1.29, 1.82) is 0 Å². The molecular formula is C19H22Cl2N4O5S2. The number of rotatable bonds is 5. The number of hydrogen-bond donors (Lipinski definition) is 2. The fourth-order valence-electron chi connectivity index (χ4n) is 3.97. The van der Waals surface area contributed by atoms with Gasteiger partial charge in [0.15, 0.2) is 9.88 Å². The van der Waals surface area contributed by atoms with Crippen molar-refractivity contribution in [3.63, 3.8) is 0 Å². The van der Waals surface area contributed by atoms with E-state index < -0.39 is 20.7 Å². The van der Waals surface area contributed by atoms with Gasteiger partial charge in [-0.2, -0.15) is 4.31 Å². The molecule has 0 bridgehead atoms. The second-order valence-electron chi connectivity index (χ2n) is 7.57. The van der Waals surface area contributed by atoms with Gasteiger partial charge in [-0.1, -0.05) is 40.6 Å². The van der Waals surface area contributed by atoms with Crippen LogP contribution in [0.4, 0.5) is 5.13 Å². The molecule has 3 heterocycles. The summed E-state index contributed by atoms with van der Waals surface area (Å²) in [6.07, 6.45) is 1.76. The average Bonchev–Trinajstić information content (AvgIpc) is 3.31. The number of nitrogens with zero attached hydrogens (tertiary/aromatic N) is 3. The molecular weight excluding hydrogens is 499 g/mol. The lowest BCUT2D eigenvalue weighted by atomic mass is 9.98. The monoisotopic (exact) mass is 520 g/mol. The van der Waals surface area contributed by atoms with Gasteiger partial charge >= 0.3 is 0 Å². The first-order valence-electron chi connectivity index (χ1n) is 9.97. The van der Waals surface area contributed by atoms with E-state index in [1.165, 1.54) is 15.6 Å². The Labute approximate surface area is 199 Å². The number of aromatic nitrogens is 1. The molecule has 0 saturated carbocycles. The van der Waals surface area contributed by atoms with Crippen LogP contribution in [-0.4, -0.2) is 73.0 Å². The molecule has 32 heavy (non-hydrogen) atoms. The summed E-state index contributed by atoms with van der Waals surface area (Å²) in [6, 6.07) is 5.39. The van der Waals surface area contributed by atoms with Crippen LogP contribution in [0.5, 0.6) is 0 Å². The van der Waals surface area contributed by atoms with Crippen LogP contribution < -0.4 is 10.4 Å². The number of nitrogens with one attached hydrogen (secondary N) is 1. The SMILES string of the molecule is O=C(NO)C1(S(=O)(=O)N2CCN(c3ncc(-c4ccc(Cl)c(Cl)c4)s3)CC2)CCOCC1. The predicted octanol–water partition coefficient (Wildman–Crippen LogP) is 2.62. The third kappa shape index (κ3) is 4.23. The lowest BCUT2D eigenvalue weighted by Crippen LogP contribution is -2.62. The molecule has 2 aliphatic rings. The highest BCUT2D eigenvalue weighted by Gasteiger charge is 2.54. The van der Waals surface area contributed by atoms with E-state index in [9.17, 15) is 18.4 Å². The second kappa shape index (κ2) is 9.41. The minimum Gasteiger partial charge on any atom is -0.381 e. The van der Waals surface area contributed by atoms with Gasteiger partial charge < -0.3 is 9.64 Å². The van der Waals surface area contributed by atoms with Crippen LogP contribution in [0, 0.1) is 0 Å². The number of benzene rings is 1. The number of piperazine rings is 1. The highest BCUT2D eigenvalue weighted by molar-refractivity contribution is 7.91. The molecule has 2 saturated heterocycles. The summed E-state index contributed by atoms with van der Waals surface area (Å²) in [5, 5.41) is 10.9. The van der Waals surface area contributed by atoms with Crippen LogP contribution in [-0.2, 0) is 19.6 Å². The Kier molecular flexibility index (Phi) is 6.97. The fraction of sp³-hybridized carbons (Fsp3) is 0.474. The molecule has 2 fully saturated rings. The average molecular weight is 521 g/mol. The lowest BCUT2D eigenvalue weighted by molar-refractivity contribution is -0.134. The van der Waals surface area contributed by atoms with Gasteiger partial charge in [0.2, 0.25) is 10.0 Å². The Hall–Kier alpha value is -1.47. The first kappa shape index (κ1) is 23.7. The summed E-state index contributed by atoms with van der Waals surface area (Å²) in [5.41, 5.74) is 2.45. The highest BCUT2D eigenvalue weighted by atomic mass is 35.5. The van der Waals surface area contributed by atoms with Gasteiger partial charge in [-0.25, -0.2) is 18.9 Å². The number of carbonyl (C=O) groups excluding carboxylic acids is 1. The van der Waals surface area contributed by atoms with Gasteiger partial charge in [0.05, 0.1) is 14.9 Å². The quantitative estimate of drug-likeness (QED) is 0.460. The third-order valence-corrected chi connectivity index (χ3v) is 10.3. The molecule has 4 rings (SSSR count). The zero-order chi connectivity index (χ0) is 22.9. The number of carbonyl (C=O) groups is 1. The molecule has 2 aromatic rings. The molecule has 1 amide bonds. The van der Waals surface area contributed by atoms with Crippen molar-refractivity contribution in [2.45, 2.75) is 17.6 Å². The molecule has 2 N–H and O–H groups in total. The van der Waals surface area contributed by atoms with Gasteiger partial charge in [-0.15, -0.1) is 0 Å². The molecule has 0 radical (unpaired) electrons. The molecule has 0 aliphatic carbocycles. The topological polar surface area (TPSA) is 112 Å². The van der Waals surface area contributed by atoms with E-state index in [1.807, 2.05) is 11.0 Å². The maximum atomic E-state index is 13.4. The predicted molar refractivity (Wildman–Crippen MR) is 123 cm³/mol. The van der Waals surface area contributed by atoms with Crippen molar-refractivity contribution in [2.24, 2.45) is 0 Å². The largest absolute Gasteiger partial charge is 0.381 e. The molecule has 174 valence electrons. The Bertz CT molecular complexity index is 1100. The smallest absolute Gasteiger partial charge is 0.266 e. The number of amides is 1. The molecule has 1 aromatic carbocycles. The van der Waals surface area contributed by atoms with Crippen molar-refractivity contribution in [2.75, 3.05) is 44.3 Å². The van der Waals surface area contributed by atoms with Crippen LogP contribution in [0.3, 0.4) is 0 Å². The van der Waals surface area contributed by atoms with Crippen molar-refractivity contribution in [3.05, 3.63) is 34.4 Å². The number of halogens is 2. The van der Waals surface area contributed by atoms with E-state index in [0.29, 0.717) is 23.1 Å². The number of hydrogen-bond acceptors (Lipinski definition) is 8. The van der Waals surface area contributed by atoms with E-state index in [4.69, 9.17) is 27.9 Å². The van der Waals surface area contributed by atoms with Crippen LogP contribution >= 0.6 is 34.5 Å². The van der Waals surface area contributed by atoms with E-state index in [2.05, 4.69) is 4.98 Å². The number of ether oxygens (including phenoxy) is 1. The highest BCUT2D eigenvalue weighted by Crippen LogP contribution is 2.36. The summed E-state index contributed by atoms with van der Waals surface area (Å²) >= 11 is 13.6. The van der Waals surface area contributed by atoms with Crippen molar-refractivity contribution in [3.8, 4) is 10.4 Å². The zero-order valence-electron chi connectivity index (χ0n) is 17.0. The van der Waals surface area contributed by atoms with Gasteiger partial charge in [-0.3, -0.25) is 10.0 Å². The van der Waals surface area contributed by atoms with Crippen molar-refractivity contribution >= 4 is 55.6 Å². The summed E-state index contributed by atoms with van der Waals surface area (Å²) in [5.74, 6) is -0.908. The minimum absolute atomic E-state index is 0.00142. The molecule has 2 aliphatic heterocycles. The fourth-order valence-corrected chi connectivity index (χ4v) is 7.33. The van der Waals surface area contributed by atoms with E-state index in [0.717, 1.165) is 15.6 Å². The molecule has 0 unspecified atom stereocenters. The maximum Gasteiger partial charge on any atom is 0.266 e. The van der Waals surface area contributed by atoms with Gasteiger partial charge in [0.1, 0.15) is 0 Å². The van der Waals surface area contributed by atoms with E-state index in [1.54, 1.807) is 23.8 Å². The van der Waals surface area contributed by atoms with Gasteiger partial charge in [-0.05, 0) is 17.7 Å². The number of thiazole rings is 1. The van der Waals surface area contributed by atoms with Crippen LogP contribution in [0.15, 0.2) is 24.4 Å². The Morgan fingerprint density at radius 1 is 1.16 bits per heavy atom. The molecule has 0 spiro atoms. The first-order chi connectivity index (χ1) is 15.3. The van der Waals surface area contributed by atoms with Crippen molar-refractivity contribution < 1.29 is 23.2 Å². The summed E-state index contributed by atoms with van der Waals surface area (Å²) in [7, 11) is -4.00. The van der Waals surface area contributed by atoms with Gasteiger partial charge in [0, 0.05) is 58.4 Å². The Morgan fingerprint density at radius 2 is 1.84 bits per heavy atom. The molecule has 1 aromatic heterocycles. The number of sulfonamides is 1. The molecule has 9 nitrogen and oxygen atoms in total. The zero-order valence-corrected chi connectivity index (χ0v) is 20.1. The normalized spacial score (nSPS) is 19.7. The Balaban J connectivity index is 1.47.